The van der Waals surface area contributed by atoms with Crippen molar-refractivity contribution in [2.24, 2.45) is 0 Å². The Kier molecular flexibility index (Phi) is 4.92. The Morgan fingerprint density at radius 3 is 2.57 bits per heavy atom. The summed E-state index contributed by atoms with van der Waals surface area (Å²) < 4.78 is 10.9. The quantitative estimate of drug-likeness (QED) is 0.524. The largest absolute Gasteiger partial charge is 0.497 e. The maximum absolute atomic E-state index is 13.2. The minimum Gasteiger partial charge on any atom is -0.497 e. The van der Waals surface area contributed by atoms with Crippen LogP contribution in [0.2, 0.25) is 5.02 Å². The fraction of sp³-hybridized carbons (Fsp3) is 0.391. The Labute approximate surface area is 169 Å². The minimum atomic E-state index is -0.942. The van der Waals surface area contributed by atoms with Gasteiger partial charge in [0.15, 0.2) is 11.4 Å². The van der Waals surface area contributed by atoms with Crippen molar-refractivity contribution in [3.8, 4) is 16.9 Å². The highest BCUT2D eigenvalue weighted by Crippen LogP contribution is 2.45. The average molecular weight is 399 g/mol. The number of hydrogen-bond donors (Lipinski definition) is 0. The molecule has 1 atom stereocenters. The molecule has 2 aromatic carbocycles. The second-order valence-electron chi connectivity index (χ2n) is 7.69. The van der Waals surface area contributed by atoms with Crippen molar-refractivity contribution >= 4 is 23.4 Å². The fourth-order valence-electron chi connectivity index (χ4n) is 4.44. The Morgan fingerprint density at radius 2 is 1.86 bits per heavy atom. The van der Waals surface area contributed by atoms with Gasteiger partial charge < -0.3 is 9.47 Å². The Hall–Kier alpha value is -2.33. The van der Waals surface area contributed by atoms with E-state index in [9.17, 15) is 9.59 Å². The summed E-state index contributed by atoms with van der Waals surface area (Å²) in [4.78, 5) is 25.8. The molecule has 0 aromatic heterocycles. The van der Waals surface area contributed by atoms with Gasteiger partial charge >= 0.3 is 5.97 Å². The van der Waals surface area contributed by atoms with Gasteiger partial charge in [-0.15, -0.1) is 0 Å². The number of benzene rings is 2. The molecule has 1 aliphatic carbocycles. The molecule has 146 valence electrons. The zero-order valence-electron chi connectivity index (χ0n) is 16.1. The van der Waals surface area contributed by atoms with E-state index >= 15 is 0 Å². The summed E-state index contributed by atoms with van der Waals surface area (Å²) in [5.74, 6) is -0.774. The average Bonchev–Trinajstić information content (AvgIpc) is 2.93. The van der Waals surface area contributed by atoms with Crippen LogP contribution in [0, 0.1) is 6.92 Å². The molecule has 0 radical (unpaired) electrons. The molecule has 1 saturated carbocycles. The summed E-state index contributed by atoms with van der Waals surface area (Å²) in [6.45, 7) is 1.95. The van der Waals surface area contributed by atoms with E-state index in [0.29, 0.717) is 23.4 Å². The molecule has 4 rings (SSSR count). The molecular weight excluding hydrogens is 376 g/mol. The maximum Gasteiger partial charge on any atom is 0.322 e. The molecule has 1 spiro atoms. The number of methoxy groups -OCH3 is 1. The van der Waals surface area contributed by atoms with Crippen molar-refractivity contribution < 1.29 is 19.1 Å². The first-order valence-corrected chi connectivity index (χ1v) is 10.0. The van der Waals surface area contributed by atoms with Crippen LogP contribution in [0.4, 0.5) is 0 Å². The van der Waals surface area contributed by atoms with Crippen LogP contribution in [0.3, 0.4) is 0 Å². The van der Waals surface area contributed by atoms with E-state index in [4.69, 9.17) is 21.1 Å². The number of aryl methyl sites for hydroxylation is 1. The first-order valence-electron chi connectivity index (χ1n) is 9.67. The summed E-state index contributed by atoms with van der Waals surface area (Å²) in [6, 6.07) is 11.4. The number of hydrogen-bond acceptors (Lipinski definition) is 4. The summed E-state index contributed by atoms with van der Waals surface area (Å²) in [6.07, 6.45) is 4.13. The van der Waals surface area contributed by atoms with Gasteiger partial charge in [0.05, 0.1) is 7.11 Å². The van der Waals surface area contributed by atoms with Gasteiger partial charge in [0.1, 0.15) is 11.7 Å². The fourth-order valence-corrected chi connectivity index (χ4v) is 4.71. The lowest BCUT2D eigenvalue weighted by atomic mass is 9.78. The molecule has 0 bridgehead atoms. The van der Waals surface area contributed by atoms with Crippen LogP contribution >= 0.6 is 11.6 Å². The molecule has 28 heavy (non-hydrogen) atoms. The standard InChI is InChI=1S/C23H23ClO4/c1-14-11-18(19(24)13-17(14)15-7-6-8-16(12-15)27-2)20-21(25)23(28-22(20)26)9-4-3-5-10-23/h6-8,11-13,20H,3-5,9-10H2,1-2H3. The van der Waals surface area contributed by atoms with Gasteiger partial charge in [0, 0.05) is 5.02 Å². The highest BCUT2D eigenvalue weighted by atomic mass is 35.5. The zero-order valence-corrected chi connectivity index (χ0v) is 16.8. The number of esters is 1. The van der Waals surface area contributed by atoms with Crippen LogP contribution in [0.1, 0.15) is 49.1 Å². The molecule has 1 heterocycles. The van der Waals surface area contributed by atoms with Gasteiger partial charge in [-0.3, -0.25) is 9.59 Å². The van der Waals surface area contributed by atoms with Crippen molar-refractivity contribution in [2.45, 2.75) is 50.5 Å². The molecule has 4 nitrogen and oxygen atoms in total. The van der Waals surface area contributed by atoms with Gasteiger partial charge in [-0.1, -0.05) is 36.2 Å². The molecule has 0 N–H and O–H groups in total. The monoisotopic (exact) mass is 398 g/mol. The number of Topliss-reactive ketones (excluding diaryl/α,β-unsaturated/α-hetero) is 1. The van der Waals surface area contributed by atoms with E-state index in [1.165, 1.54) is 0 Å². The van der Waals surface area contributed by atoms with E-state index in [-0.39, 0.29) is 5.78 Å². The molecule has 1 unspecified atom stereocenters. The topological polar surface area (TPSA) is 52.6 Å². The predicted octanol–water partition coefficient (Wildman–Crippen LogP) is 5.24. The van der Waals surface area contributed by atoms with E-state index in [1.54, 1.807) is 7.11 Å². The lowest BCUT2D eigenvalue weighted by Gasteiger charge is -2.29. The van der Waals surface area contributed by atoms with Gasteiger partial charge in [0.25, 0.3) is 0 Å². The lowest BCUT2D eigenvalue weighted by molar-refractivity contribution is -0.154. The molecule has 2 aromatic rings. The van der Waals surface area contributed by atoms with Crippen LogP contribution < -0.4 is 4.74 Å². The highest BCUT2D eigenvalue weighted by Gasteiger charge is 2.56. The van der Waals surface area contributed by atoms with Crippen LogP contribution in [-0.2, 0) is 14.3 Å². The molecule has 1 saturated heterocycles. The normalized spacial score (nSPS) is 21.0. The number of rotatable bonds is 3. The van der Waals surface area contributed by atoms with Gasteiger partial charge in [-0.05, 0) is 73.1 Å². The summed E-state index contributed by atoms with van der Waals surface area (Å²) >= 11 is 6.57. The minimum absolute atomic E-state index is 0.132. The predicted molar refractivity (Wildman–Crippen MR) is 108 cm³/mol. The number of halogens is 1. The zero-order chi connectivity index (χ0) is 19.9. The van der Waals surface area contributed by atoms with E-state index < -0.39 is 17.5 Å². The third kappa shape index (κ3) is 3.10. The van der Waals surface area contributed by atoms with Crippen LogP contribution in [-0.4, -0.2) is 24.5 Å². The number of carbonyl (C=O) groups is 2. The lowest BCUT2D eigenvalue weighted by Crippen LogP contribution is -2.39. The number of carbonyl (C=O) groups excluding carboxylic acids is 2. The summed E-state index contributed by atoms with van der Waals surface area (Å²) in [5, 5.41) is 0.409. The third-order valence-corrected chi connectivity index (χ3v) is 6.27. The van der Waals surface area contributed by atoms with Crippen LogP contribution in [0.5, 0.6) is 5.75 Å². The number of ketones is 1. The summed E-state index contributed by atoms with van der Waals surface area (Å²) in [5.41, 5.74) is 2.46. The highest BCUT2D eigenvalue weighted by molar-refractivity contribution is 6.33. The SMILES string of the molecule is COc1cccc(-c2cc(Cl)c(C3C(=O)OC4(CCCCC4)C3=O)cc2C)c1. The Balaban J connectivity index is 1.72. The van der Waals surface area contributed by atoms with Gasteiger partial charge in [-0.25, -0.2) is 0 Å². The second kappa shape index (κ2) is 7.25. The van der Waals surface area contributed by atoms with Crippen molar-refractivity contribution in [3.05, 3.63) is 52.5 Å². The maximum atomic E-state index is 13.2. The molecule has 2 aliphatic rings. The van der Waals surface area contributed by atoms with Crippen LogP contribution in [0.25, 0.3) is 11.1 Å². The summed E-state index contributed by atoms with van der Waals surface area (Å²) in [7, 11) is 1.63. The Bertz CT molecular complexity index is 944. The van der Waals surface area contributed by atoms with Crippen molar-refractivity contribution in [2.75, 3.05) is 7.11 Å². The van der Waals surface area contributed by atoms with Crippen molar-refractivity contribution in [3.63, 3.8) is 0 Å². The van der Waals surface area contributed by atoms with E-state index in [2.05, 4.69) is 0 Å². The van der Waals surface area contributed by atoms with Crippen molar-refractivity contribution in [1.29, 1.82) is 0 Å². The number of ether oxygens (including phenoxy) is 2. The second-order valence-corrected chi connectivity index (χ2v) is 8.10. The molecule has 0 amide bonds. The van der Waals surface area contributed by atoms with Crippen LogP contribution in [0.15, 0.2) is 36.4 Å². The van der Waals surface area contributed by atoms with Gasteiger partial charge in [-0.2, -0.15) is 0 Å². The first kappa shape index (κ1) is 19.0. The van der Waals surface area contributed by atoms with Crippen molar-refractivity contribution in [1.82, 2.24) is 0 Å². The molecule has 2 fully saturated rings. The van der Waals surface area contributed by atoms with Gasteiger partial charge in [0.2, 0.25) is 0 Å². The smallest absolute Gasteiger partial charge is 0.322 e. The third-order valence-electron chi connectivity index (χ3n) is 5.94. The van der Waals surface area contributed by atoms with E-state index in [1.807, 2.05) is 43.3 Å². The molecule has 1 aliphatic heterocycles. The molecule has 5 heteroatoms. The first-order chi connectivity index (χ1) is 13.4. The Morgan fingerprint density at radius 1 is 1.11 bits per heavy atom. The van der Waals surface area contributed by atoms with E-state index in [0.717, 1.165) is 41.7 Å². The molecular formula is C23H23ClO4.